The molecule has 0 unspecified atom stereocenters. The Labute approximate surface area is 122 Å². The lowest BCUT2D eigenvalue weighted by atomic mass is 10.2. The summed E-state index contributed by atoms with van der Waals surface area (Å²) in [6.07, 6.45) is 0. The summed E-state index contributed by atoms with van der Waals surface area (Å²) in [5.74, 6) is -0.00758. The zero-order valence-corrected chi connectivity index (χ0v) is 11.8. The first-order valence-corrected chi connectivity index (χ1v) is 6.30. The fourth-order valence-corrected chi connectivity index (χ4v) is 2.13. The highest BCUT2D eigenvalue weighted by molar-refractivity contribution is 9.10. The van der Waals surface area contributed by atoms with Gasteiger partial charge in [-0.2, -0.15) is 5.26 Å². The van der Waals surface area contributed by atoms with Crippen LogP contribution in [0.1, 0.15) is 5.56 Å². The molecular weight excluding hydrogens is 335 g/mol. The number of nitrogens with two attached hydrogens (primary N) is 1. The van der Waals surface area contributed by atoms with Crippen LogP contribution in [0.25, 0.3) is 0 Å². The quantitative estimate of drug-likeness (QED) is 0.647. The summed E-state index contributed by atoms with van der Waals surface area (Å²) >= 11 is 8.86. The van der Waals surface area contributed by atoms with E-state index in [0.29, 0.717) is 21.5 Å². The third-order valence-corrected chi connectivity index (χ3v) is 3.24. The Balaban J connectivity index is 2.37. The molecule has 96 valence electrons. The van der Waals surface area contributed by atoms with Gasteiger partial charge in [0.2, 0.25) is 0 Å². The fraction of sp³-hybridized carbons (Fsp3) is 0. The van der Waals surface area contributed by atoms with Crippen LogP contribution in [0.4, 0.5) is 10.1 Å². The normalized spacial score (nSPS) is 10.0. The zero-order valence-electron chi connectivity index (χ0n) is 9.45. The summed E-state index contributed by atoms with van der Waals surface area (Å²) in [6, 6.07) is 9.11. The van der Waals surface area contributed by atoms with Gasteiger partial charge in [0.25, 0.3) is 0 Å². The fourth-order valence-electron chi connectivity index (χ4n) is 1.41. The minimum Gasteiger partial charge on any atom is -0.454 e. The van der Waals surface area contributed by atoms with E-state index in [0.717, 1.165) is 6.07 Å². The van der Waals surface area contributed by atoms with Gasteiger partial charge in [0.05, 0.1) is 26.8 Å². The van der Waals surface area contributed by atoms with Crippen LogP contribution in [0.5, 0.6) is 11.5 Å². The van der Waals surface area contributed by atoms with Gasteiger partial charge in [-0.25, -0.2) is 4.39 Å². The molecular formula is C13H7BrClFN2O. The van der Waals surface area contributed by atoms with Crippen molar-refractivity contribution in [3.63, 3.8) is 0 Å². The number of anilines is 1. The molecule has 0 saturated carbocycles. The molecule has 0 aliphatic heterocycles. The molecule has 0 aliphatic carbocycles. The van der Waals surface area contributed by atoms with Crippen LogP contribution in [-0.4, -0.2) is 0 Å². The molecule has 2 aromatic carbocycles. The number of ether oxygens (including phenoxy) is 1. The second-order valence-corrected chi connectivity index (χ2v) is 4.92. The maximum absolute atomic E-state index is 13.4. The first-order chi connectivity index (χ1) is 9.01. The van der Waals surface area contributed by atoms with Crippen LogP contribution in [0.15, 0.2) is 34.8 Å². The van der Waals surface area contributed by atoms with E-state index in [2.05, 4.69) is 15.9 Å². The number of nitriles is 1. The van der Waals surface area contributed by atoms with Crippen LogP contribution in [-0.2, 0) is 0 Å². The van der Waals surface area contributed by atoms with Crippen molar-refractivity contribution in [1.29, 1.82) is 5.26 Å². The summed E-state index contributed by atoms with van der Waals surface area (Å²) in [7, 11) is 0. The predicted molar refractivity (Wildman–Crippen MR) is 74.8 cm³/mol. The van der Waals surface area contributed by atoms with Gasteiger partial charge in [0, 0.05) is 6.07 Å². The summed E-state index contributed by atoms with van der Waals surface area (Å²) in [5, 5.41) is 8.73. The SMILES string of the molecule is N#Cc1ccc(Oc2cc(F)c(Cl)cc2Br)c(N)c1. The van der Waals surface area contributed by atoms with Crippen molar-refractivity contribution in [3.05, 3.63) is 51.2 Å². The third-order valence-electron chi connectivity index (χ3n) is 2.33. The minimum atomic E-state index is -0.591. The first kappa shape index (κ1) is 13.7. The van der Waals surface area contributed by atoms with E-state index in [9.17, 15) is 4.39 Å². The molecule has 0 aromatic heterocycles. The molecule has 3 nitrogen and oxygen atoms in total. The van der Waals surface area contributed by atoms with Crippen LogP contribution < -0.4 is 10.5 Å². The maximum Gasteiger partial charge on any atom is 0.150 e. The molecule has 0 saturated heterocycles. The average molecular weight is 342 g/mol. The third kappa shape index (κ3) is 2.98. The molecule has 0 radical (unpaired) electrons. The molecule has 6 heteroatoms. The minimum absolute atomic E-state index is 0.00738. The molecule has 0 heterocycles. The number of halogens is 3. The first-order valence-electron chi connectivity index (χ1n) is 5.13. The van der Waals surface area contributed by atoms with E-state index < -0.39 is 5.82 Å². The van der Waals surface area contributed by atoms with Gasteiger partial charge < -0.3 is 10.5 Å². The maximum atomic E-state index is 13.4. The lowest BCUT2D eigenvalue weighted by Crippen LogP contribution is -1.94. The molecule has 0 spiro atoms. The summed E-state index contributed by atoms with van der Waals surface area (Å²) < 4.78 is 19.4. The van der Waals surface area contributed by atoms with Crippen molar-refractivity contribution in [2.75, 3.05) is 5.73 Å². The predicted octanol–water partition coefficient (Wildman–Crippen LogP) is 4.49. The summed E-state index contributed by atoms with van der Waals surface area (Å²) in [4.78, 5) is 0. The van der Waals surface area contributed by atoms with Crippen LogP contribution >= 0.6 is 27.5 Å². The van der Waals surface area contributed by atoms with Crippen molar-refractivity contribution in [2.45, 2.75) is 0 Å². The van der Waals surface area contributed by atoms with E-state index in [1.54, 1.807) is 12.1 Å². The zero-order chi connectivity index (χ0) is 14.0. The number of benzene rings is 2. The molecule has 0 fully saturated rings. The molecule has 0 aliphatic rings. The Morgan fingerprint density at radius 3 is 2.63 bits per heavy atom. The standard InChI is InChI=1S/C13H7BrClFN2O/c14-8-4-9(15)10(16)5-13(8)19-12-2-1-7(6-17)3-11(12)18/h1-5H,18H2. The van der Waals surface area contributed by atoms with E-state index in [1.807, 2.05) is 6.07 Å². The van der Waals surface area contributed by atoms with Gasteiger partial charge >= 0.3 is 0 Å². The number of nitrogen functional groups attached to an aromatic ring is 1. The Morgan fingerprint density at radius 2 is 2.00 bits per heavy atom. The Kier molecular flexibility index (Phi) is 3.93. The van der Waals surface area contributed by atoms with E-state index in [-0.39, 0.29) is 10.8 Å². The highest BCUT2D eigenvalue weighted by Crippen LogP contribution is 2.35. The highest BCUT2D eigenvalue weighted by atomic mass is 79.9. The van der Waals surface area contributed by atoms with Gasteiger partial charge in [-0.15, -0.1) is 0 Å². The highest BCUT2D eigenvalue weighted by Gasteiger charge is 2.10. The van der Waals surface area contributed by atoms with Crippen molar-refractivity contribution >= 4 is 33.2 Å². The lowest BCUT2D eigenvalue weighted by molar-refractivity contribution is 0.476. The van der Waals surface area contributed by atoms with Crippen LogP contribution in [0.2, 0.25) is 5.02 Å². The molecule has 19 heavy (non-hydrogen) atoms. The van der Waals surface area contributed by atoms with Gasteiger partial charge in [0.1, 0.15) is 17.3 Å². The average Bonchev–Trinajstić information content (AvgIpc) is 2.38. The Bertz CT molecular complexity index is 685. The second kappa shape index (κ2) is 5.47. The lowest BCUT2D eigenvalue weighted by Gasteiger charge is -2.10. The van der Waals surface area contributed by atoms with Gasteiger partial charge in [-0.3, -0.25) is 0 Å². The van der Waals surface area contributed by atoms with Crippen molar-refractivity contribution < 1.29 is 9.13 Å². The van der Waals surface area contributed by atoms with Crippen molar-refractivity contribution in [1.82, 2.24) is 0 Å². The molecule has 2 rings (SSSR count). The van der Waals surface area contributed by atoms with Gasteiger partial charge in [-0.05, 0) is 40.2 Å². The van der Waals surface area contributed by atoms with Gasteiger partial charge in [-0.1, -0.05) is 11.6 Å². The molecule has 0 bridgehead atoms. The van der Waals surface area contributed by atoms with Crippen LogP contribution in [0.3, 0.4) is 0 Å². The number of hydrogen-bond acceptors (Lipinski definition) is 3. The Morgan fingerprint density at radius 1 is 1.26 bits per heavy atom. The summed E-state index contributed by atoms with van der Waals surface area (Å²) in [5.41, 5.74) is 6.47. The molecule has 0 atom stereocenters. The van der Waals surface area contributed by atoms with Gasteiger partial charge in [0.15, 0.2) is 0 Å². The van der Waals surface area contributed by atoms with E-state index in [1.165, 1.54) is 12.1 Å². The van der Waals surface area contributed by atoms with Crippen LogP contribution in [0, 0.1) is 17.1 Å². The number of nitrogens with zero attached hydrogens (tertiary/aromatic N) is 1. The molecule has 2 aromatic rings. The smallest absolute Gasteiger partial charge is 0.150 e. The monoisotopic (exact) mass is 340 g/mol. The second-order valence-electron chi connectivity index (χ2n) is 3.66. The van der Waals surface area contributed by atoms with E-state index >= 15 is 0 Å². The molecule has 2 N–H and O–H groups in total. The van der Waals surface area contributed by atoms with Crippen molar-refractivity contribution in [2.24, 2.45) is 0 Å². The largest absolute Gasteiger partial charge is 0.454 e. The van der Waals surface area contributed by atoms with E-state index in [4.69, 9.17) is 27.3 Å². The topological polar surface area (TPSA) is 59.0 Å². The number of rotatable bonds is 2. The van der Waals surface area contributed by atoms with Crippen molar-refractivity contribution in [3.8, 4) is 17.6 Å². The summed E-state index contributed by atoms with van der Waals surface area (Å²) in [6.45, 7) is 0. The Hall–Kier alpha value is -1.77. The molecule has 0 amide bonds. The number of hydrogen-bond donors (Lipinski definition) is 1.